The molecule has 6 nitrogen and oxygen atoms in total. The molecular weight excluding hydrogens is 482 g/mol. The fourth-order valence-corrected chi connectivity index (χ4v) is 4.03. The van der Waals surface area contributed by atoms with Crippen LogP contribution in [-0.2, 0) is 13.9 Å². The third-order valence-electron chi connectivity index (χ3n) is 6.29. The number of nitrogens with zero attached hydrogens (tertiary/aromatic N) is 1. The van der Waals surface area contributed by atoms with Gasteiger partial charge in [-0.1, -0.05) is 57.2 Å². The minimum atomic E-state index is -1.71. The van der Waals surface area contributed by atoms with Gasteiger partial charge >= 0.3 is 6.09 Å². The minimum Gasteiger partial charge on any atom is -0.491 e. The average Bonchev–Trinajstić information content (AvgIpc) is 2.81. The van der Waals surface area contributed by atoms with Gasteiger partial charge in [-0.25, -0.2) is 4.79 Å². The summed E-state index contributed by atoms with van der Waals surface area (Å²) in [5.74, 6) is 0.813. The van der Waals surface area contributed by atoms with Crippen LogP contribution in [0.2, 0.25) is 18.1 Å². The van der Waals surface area contributed by atoms with Crippen molar-refractivity contribution in [3.05, 3.63) is 59.7 Å². The smallest absolute Gasteiger partial charge is 0.414 e. The van der Waals surface area contributed by atoms with Crippen LogP contribution in [-0.4, -0.2) is 53.5 Å². The Kier molecular flexibility index (Phi) is 11.0. The summed E-state index contributed by atoms with van der Waals surface area (Å²) in [6, 6.07) is 15.7. The second-order valence-electron chi connectivity index (χ2n) is 11.6. The molecule has 0 N–H and O–H groups in total. The van der Waals surface area contributed by atoms with Gasteiger partial charge in [-0.2, -0.15) is 0 Å². The molecule has 0 aliphatic heterocycles. The van der Waals surface area contributed by atoms with Gasteiger partial charge in [-0.15, -0.1) is 0 Å². The second kappa shape index (κ2) is 13.3. The van der Waals surface area contributed by atoms with Crippen molar-refractivity contribution in [1.82, 2.24) is 0 Å². The SMILES string of the molecule is CN(C(=O)OC(C)(C)C)c1ccc(C=Cc2ccc(OCCOCCO[Si](C)(C)C(C)(C)C)cc2)cc1. The molecule has 37 heavy (non-hydrogen) atoms. The van der Waals surface area contributed by atoms with E-state index in [0.717, 1.165) is 22.6 Å². The fraction of sp³-hybridized carbons (Fsp3) is 0.500. The molecule has 0 saturated carbocycles. The molecule has 0 radical (unpaired) electrons. The zero-order chi connectivity index (χ0) is 27.7. The maximum Gasteiger partial charge on any atom is 0.414 e. The van der Waals surface area contributed by atoms with Crippen molar-refractivity contribution < 1.29 is 23.4 Å². The van der Waals surface area contributed by atoms with Crippen LogP contribution >= 0.6 is 0 Å². The molecule has 0 aliphatic carbocycles. The molecule has 1 amide bonds. The van der Waals surface area contributed by atoms with Crippen LogP contribution in [0.3, 0.4) is 0 Å². The minimum absolute atomic E-state index is 0.211. The summed E-state index contributed by atoms with van der Waals surface area (Å²) in [5, 5.41) is 0.211. The van der Waals surface area contributed by atoms with E-state index in [4.69, 9.17) is 18.6 Å². The number of hydrogen-bond acceptors (Lipinski definition) is 5. The summed E-state index contributed by atoms with van der Waals surface area (Å²) in [7, 11) is -0.00680. The van der Waals surface area contributed by atoms with Gasteiger partial charge in [0.05, 0.1) is 19.8 Å². The molecule has 0 atom stereocenters. The number of rotatable bonds is 11. The van der Waals surface area contributed by atoms with E-state index in [1.165, 1.54) is 4.90 Å². The van der Waals surface area contributed by atoms with E-state index < -0.39 is 13.9 Å². The highest BCUT2D eigenvalue weighted by atomic mass is 28.4. The number of carbonyl (C=O) groups excluding carboxylic acids is 1. The first-order chi connectivity index (χ1) is 17.2. The average molecular weight is 528 g/mol. The highest BCUT2D eigenvalue weighted by Gasteiger charge is 2.36. The van der Waals surface area contributed by atoms with Gasteiger partial charge in [0.2, 0.25) is 0 Å². The molecule has 0 aromatic heterocycles. The molecule has 0 heterocycles. The van der Waals surface area contributed by atoms with E-state index >= 15 is 0 Å². The summed E-state index contributed by atoms with van der Waals surface area (Å²) in [5.41, 5.74) is 2.36. The summed E-state index contributed by atoms with van der Waals surface area (Å²) >= 11 is 0. The molecule has 2 aromatic rings. The Hall–Kier alpha value is -2.61. The largest absolute Gasteiger partial charge is 0.491 e. The molecule has 0 unspecified atom stereocenters. The van der Waals surface area contributed by atoms with Gasteiger partial charge in [0, 0.05) is 12.7 Å². The van der Waals surface area contributed by atoms with Crippen LogP contribution in [0, 0.1) is 0 Å². The molecule has 0 bridgehead atoms. The first-order valence-corrected chi connectivity index (χ1v) is 15.8. The zero-order valence-corrected chi connectivity index (χ0v) is 25.1. The maximum atomic E-state index is 12.2. The number of hydrogen-bond donors (Lipinski definition) is 0. The topological polar surface area (TPSA) is 57.2 Å². The highest BCUT2D eigenvalue weighted by Crippen LogP contribution is 2.36. The highest BCUT2D eigenvalue weighted by molar-refractivity contribution is 6.74. The molecular formula is C30H45NO5Si. The lowest BCUT2D eigenvalue weighted by molar-refractivity contribution is 0.0589. The lowest BCUT2D eigenvalue weighted by atomic mass is 10.1. The normalized spacial score (nSPS) is 12.6. The van der Waals surface area contributed by atoms with E-state index in [-0.39, 0.29) is 11.1 Å². The number of benzene rings is 2. The van der Waals surface area contributed by atoms with E-state index in [9.17, 15) is 4.79 Å². The van der Waals surface area contributed by atoms with Crippen LogP contribution in [0.1, 0.15) is 52.7 Å². The van der Waals surface area contributed by atoms with Gasteiger partial charge in [0.25, 0.3) is 0 Å². The van der Waals surface area contributed by atoms with Crippen molar-refractivity contribution in [1.29, 1.82) is 0 Å². The van der Waals surface area contributed by atoms with Crippen LogP contribution in [0.5, 0.6) is 5.75 Å². The van der Waals surface area contributed by atoms with Crippen molar-refractivity contribution in [3.63, 3.8) is 0 Å². The van der Waals surface area contributed by atoms with E-state index in [0.29, 0.717) is 26.4 Å². The third-order valence-corrected chi connectivity index (χ3v) is 10.8. The number of anilines is 1. The lowest BCUT2D eigenvalue weighted by Gasteiger charge is -2.36. The predicted molar refractivity (Wildman–Crippen MR) is 156 cm³/mol. The third kappa shape index (κ3) is 10.7. The summed E-state index contributed by atoms with van der Waals surface area (Å²) in [4.78, 5) is 13.7. The van der Waals surface area contributed by atoms with Gasteiger partial charge in [-0.3, -0.25) is 4.90 Å². The first-order valence-electron chi connectivity index (χ1n) is 12.9. The Balaban J connectivity index is 1.74. The number of amides is 1. The Labute approximate surface area is 224 Å². The standard InChI is InChI=1S/C30H45NO5Si/c1-29(2,3)36-28(32)31(7)26-16-12-24(13-17-26)10-11-25-14-18-27(19-15-25)34-22-20-33-21-23-35-37(8,9)30(4,5)6/h10-19H,20-23H2,1-9H3. The predicted octanol–water partition coefficient (Wildman–Crippen LogP) is 7.65. The monoisotopic (exact) mass is 527 g/mol. The molecule has 0 spiro atoms. The molecule has 7 heteroatoms. The lowest BCUT2D eigenvalue weighted by Crippen LogP contribution is -2.41. The van der Waals surface area contributed by atoms with Gasteiger partial charge < -0.3 is 18.6 Å². The van der Waals surface area contributed by atoms with Crippen molar-refractivity contribution in [2.24, 2.45) is 0 Å². The molecule has 0 aliphatic rings. The fourth-order valence-electron chi connectivity index (χ4n) is 3.01. The summed E-state index contributed by atoms with van der Waals surface area (Å²) < 4.78 is 23.0. The van der Waals surface area contributed by atoms with E-state index in [1.54, 1.807) is 7.05 Å². The van der Waals surface area contributed by atoms with E-state index in [2.05, 4.69) is 33.9 Å². The quantitative estimate of drug-likeness (QED) is 0.171. The van der Waals surface area contributed by atoms with Gasteiger partial charge in [0.1, 0.15) is 18.0 Å². The Bertz CT molecular complexity index is 1000. The zero-order valence-electron chi connectivity index (χ0n) is 24.1. The molecule has 0 fully saturated rings. The summed E-state index contributed by atoms with van der Waals surface area (Å²) in [6.07, 6.45) is 3.70. The number of carbonyl (C=O) groups is 1. The van der Waals surface area contributed by atoms with Crippen molar-refractivity contribution in [3.8, 4) is 5.75 Å². The van der Waals surface area contributed by atoms with Crippen LogP contribution in [0.15, 0.2) is 48.5 Å². The van der Waals surface area contributed by atoms with E-state index in [1.807, 2.05) is 81.5 Å². The van der Waals surface area contributed by atoms with Crippen LogP contribution < -0.4 is 9.64 Å². The molecule has 0 saturated heterocycles. The van der Waals surface area contributed by atoms with Crippen LogP contribution in [0.25, 0.3) is 12.2 Å². The number of ether oxygens (including phenoxy) is 3. The van der Waals surface area contributed by atoms with Gasteiger partial charge in [0.15, 0.2) is 8.32 Å². The van der Waals surface area contributed by atoms with Gasteiger partial charge in [-0.05, 0) is 74.3 Å². The van der Waals surface area contributed by atoms with Crippen molar-refractivity contribution in [2.75, 3.05) is 38.4 Å². The maximum absolute atomic E-state index is 12.2. The van der Waals surface area contributed by atoms with Crippen molar-refractivity contribution in [2.45, 2.75) is 65.3 Å². The Morgan fingerprint density at radius 3 is 1.84 bits per heavy atom. The Morgan fingerprint density at radius 2 is 1.32 bits per heavy atom. The second-order valence-corrected chi connectivity index (χ2v) is 16.4. The van der Waals surface area contributed by atoms with Crippen molar-refractivity contribution >= 4 is 32.3 Å². The Morgan fingerprint density at radius 1 is 0.811 bits per heavy atom. The molecule has 204 valence electrons. The first kappa shape index (κ1) is 30.6. The molecule has 2 aromatic carbocycles. The summed E-state index contributed by atoms with van der Waals surface area (Å²) in [6.45, 7) is 19.0. The van der Waals surface area contributed by atoms with Crippen LogP contribution in [0.4, 0.5) is 10.5 Å². The molecule has 2 rings (SSSR count).